The lowest BCUT2D eigenvalue weighted by Gasteiger charge is -2.20. The minimum atomic E-state index is -0.874. The Hall–Kier alpha value is -1.46. The maximum Gasteiger partial charge on any atom is 0.452 e. The first-order valence-corrected chi connectivity index (χ1v) is 5.91. The highest BCUT2D eigenvalue weighted by molar-refractivity contribution is 5.73. The number of nitrogens with zero attached hydrogens (tertiary/aromatic N) is 2. The van der Waals surface area contributed by atoms with Crippen LogP contribution in [0.25, 0.3) is 0 Å². The van der Waals surface area contributed by atoms with Gasteiger partial charge in [0.25, 0.3) is 0 Å². The largest absolute Gasteiger partial charge is 0.452 e. The zero-order valence-corrected chi connectivity index (χ0v) is 10.2. The van der Waals surface area contributed by atoms with E-state index in [9.17, 15) is 9.59 Å². The van der Waals surface area contributed by atoms with Crippen molar-refractivity contribution in [3.8, 4) is 0 Å². The summed E-state index contributed by atoms with van der Waals surface area (Å²) < 4.78 is 9.72. The Balaban J connectivity index is 2.28. The Kier molecular flexibility index (Phi) is 5.59. The molecule has 17 heavy (non-hydrogen) atoms. The molecule has 96 valence electrons. The summed E-state index contributed by atoms with van der Waals surface area (Å²) in [5.41, 5.74) is 0. The quantitative estimate of drug-likeness (QED) is 0.695. The molecule has 0 spiro atoms. The van der Waals surface area contributed by atoms with Crippen LogP contribution in [0.3, 0.4) is 0 Å². The van der Waals surface area contributed by atoms with Gasteiger partial charge in [-0.3, -0.25) is 0 Å². The van der Waals surface area contributed by atoms with E-state index in [0.717, 1.165) is 25.7 Å². The summed E-state index contributed by atoms with van der Waals surface area (Å²) in [6.45, 7) is 3.38. The molecule has 0 heterocycles. The number of rotatable bonds is 2. The van der Waals surface area contributed by atoms with E-state index < -0.39 is 12.2 Å². The molecule has 0 aromatic heterocycles. The minimum absolute atomic E-state index is 0.0867. The van der Waals surface area contributed by atoms with E-state index in [1.807, 2.05) is 0 Å². The predicted molar refractivity (Wildman–Crippen MR) is 59.8 cm³/mol. The summed E-state index contributed by atoms with van der Waals surface area (Å²) in [4.78, 5) is 22.2. The molecule has 2 amide bonds. The van der Waals surface area contributed by atoms with Crippen LogP contribution in [0.5, 0.6) is 0 Å². The number of amides is 2. The van der Waals surface area contributed by atoms with Crippen LogP contribution in [-0.4, -0.2) is 24.4 Å². The maximum absolute atomic E-state index is 11.2. The molecule has 0 N–H and O–H groups in total. The molecule has 0 aromatic rings. The molecular weight excluding hydrogens is 224 g/mol. The summed E-state index contributed by atoms with van der Waals surface area (Å²) in [6, 6.07) is 0. The van der Waals surface area contributed by atoms with Crippen molar-refractivity contribution in [3.63, 3.8) is 0 Å². The molecule has 1 rings (SSSR count). The fourth-order valence-electron chi connectivity index (χ4n) is 1.66. The van der Waals surface area contributed by atoms with Crippen LogP contribution in [0, 0.1) is 0 Å². The zero-order valence-electron chi connectivity index (χ0n) is 10.2. The van der Waals surface area contributed by atoms with Crippen LogP contribution < -0.4 is 0 Å². The summed E-state index contributed by atoms with van der Waals surface area (Å²) >= 11 is 0. The van der Waals surface area contributed by atoms with E-state index in [-0.39, 0.29) is 12.2 Å². The van der Waals surface area contributed by atoms with Crippen LogP contribution in [0.1, 0.15) is 46.0 Å². The molecule has 1 aliphatic rings. The molecule has 1 fully saturated rings. The third-order valence-electron chi connectivity index (χ3n) is 2.37. The second-order valence-corrected chi connectivity index (χ2v) is 4.28. The van der Waals surface area contributed by atoms with Gasteiger partial charge in [0.05, 0.1) is 6.10 Å². The van der Waals surface area contributed by atoms with Crippen LogP contribution >= 0.6 is 0 Å². The number of hydrogen-bond donors (Lipinski definition) is 0. The Bertz CT molecular complexity index is 296. The van der Waals surface area contributed by atoms with E-state index in [1.54, 1.807) is 13.8 Å². The SMILES string of the molecule is CC(C)OC(=O)N=NC(=O)OC1CCCCC1. The van der Waals surface area contributed by atoms with Crippen molar-refractivity contribution in [2.75, 3.05) is 0 Å². The van der Waals surface area contributed by atoms with Crippen molar-refractivity contribution in [2.45, 2.75) is 58.2 Å². The Morgan fingerprint density at radius 2 is 1.65 bits per heavy atom. The summed E-state index contributed by atoms with van der Waals surface area (Å²) in [6.07, 6.45) is 2.95. The predicted octanol–water partition coefficient (Wildman–Crippen LogP) is 3.45. The second-order valence-electron chi connectivity index (χ2n) is 4.28. The first-order chi connectivity index (χ1) is 8.08. The molecule has 1 saturated carbocycles. The molecule has 0 aromatic carbocycles. The average molecular weight is 242 g/mol. The monoisotopic (exact) mass is 242 g/mol. The summed E-state index contributed by atoms with van der Waals surface area (Å²) in [5.74, 6) is 0. The van der Waals surface area contributed by atoms with Crippen LogP contribution in [-0.2, 0) is 9.47 Å². The fraction of sp³-hybridized carbons (Fsp3) is 0.818. The standard InChI is InChI=1S/C11H18N2O4/c1-8(2)16-10(14)12-13-11(15)17-9-6-4-3-5-7-9/h8-9H,3-7H2,1-2H3. The van der Waals surface area contributed by atoms with Crippen LogP contribution in [0.2, 0.25) is 0 Å². The van der Waals surface area contributed by atoms with E-state index >= 15 is 0 Å². The van der Waals surface area contributed by atoms with Crippen molar-refractivity contribution in [1.29, 1.82) is 0 Å². The van der Waals surface area contributed by atoms with Crippen LogP contribution in [0.4, 0.5) is 9.59 Å². The van der Waals surface area contributed by atoms with Gasteiger partial charge in [-0.1, -0.05) is 16.6 Å². The first kappa shape index (κ1) is 13.6. The highest BCUT2D eigenvalue weighted by atomic mass is 16.6. The van der Waals surface area contributed by atoms with Crippen molar-refractivity contribution in [2.24, 2.45) is 10.2 Å². The number of ether oxygens (including phenoxy) is 2. The van der Waals surface area contributed by atoms with Gasteiger partial charge in [-0.25, -0.2) is 9.59 Å². The zero-order chi connectivity index (χ0) is 12.7. The Morgan fingerprint density at radius 1 is 1.06 bits per heavy atom. The topological polar surface area (TPSA) is 77.3 Å². The summed E-state index contributed by atoms with van der Waals surface area (Å²) in [7, 11) is 0. The Morgan fingerprint density at radius 3 is 2.24 bits per heavy atom. The van der Waals surface area contributed by atoms with Crippen molar-refractivity contribution < 1.29 is 19.1 Å². The highest BCUT2D eigenvalue weighted by Gasteiger charge is 2.17. The van der Waals surface area contributed by atoms with Crippen molar-refractivity contribution in [3.05, 3.63) is 0 Å². The van der Waals surface area contributed by atoms with Gasteiger partial charge in [-0.2, -0.15) is 0 Å². The number of carbonyl (C=O) groups is 2. The second kappa shape index (κ2) is 6.98. The van der Waals surface area contributed by atoms with Gasteiger partial charge in [-0.15, -0.1) is 0 Å². The maximum atomic E-state index is 11.2. The van der Waals surface area contributed by atoms with Crippen molar-refractivity contribution in [1.82, 2.24) is 0 Å². The van der Waals surface area contributed by atoms with Gasteiger partial charge in [0, 0.05) is 0 Å². The average Bonchev–Trinajstić information content (AvgIpc) is 2.27. The third-order valence-corrected chi connectivity index (χ3v) is 2.37. The normalized spacial score (nSPS) is 17.4. The molecule has 0 saturated heterocycles. The number of azo groups is 1. The molecule has 6 heteroatoms. The fourth-order valence-corrected chi connectivity index (χ4v) is 1.66. The Labute approximate surface area is 100 Å². The van der Waals surface area contributed by atoms with E-state index in [1.165, 1.54) is 6.42 Å². The molecule has 0 bridgehead atoms. The van der Waals surface area contributed by atoms with Gasteiger partial charge in [0.1, 0.15) is 6.10 Å². The number of hydrogen-bond acceptors (Lipinski definition) is 4. The summed E-state index contributed by atoms with van der Waals surface area (Å²) in [5, 5.41) is 6.28. The van der Waals surface area contributed by atoms with Gasteiger partial charge >= 0.3 is 12.2 Å². The molecule has 0 radical (unpaired) electrons. The first-order valence-electron chi connectivity index (χ1n) is 5.91. The smallest absolute Gasteiger partial charge is 0.444 e. The minimum Gasteiger partial charge on any atom is -0.444 e. The van der Waals surface area contributed by atoms with E-state index in [2.05, 4.69) is 15.0 Å². The lowest BCUT2D eigenvalue weighted by molar-refractivity contribution is 0.0806. The van der Waals surface area contributed by atoms with Gasteiger partial charge in [0.2, 0.25) is 0 Å². The third kappa shape index (κ3) is 5.99. The molecule has 6 nitrogen and oxygen atoms in total. The van der Waals surface area contributed by atoms with E-state index in [4.69, 9.17) is 4.74 Å². The lowest BCUT2D eigenvalue weighted by atomic mass is 9.98. The van der Waals surface area contributed by atoms with Gasteiger partial charge < -0.3 is 9.47 Å². The molecule has 1 aliphatic carbocycles. The molecule has 0 aliphatic heterocycles. The van der Waals surface area contributed by atoms with Crippen molar-refractivity contribution >= 4 is 12.2 Å². The van der Waals surface area contributed by atoms with Gasteiger partial charge in [-0.05, 0) is 39.5 Å². The highest BCUT2D eigenvalue weighted by Crippen LogP contribution is 2.20. The van der Waals surface area contributed by atoms with Gasteiger partial charge in [0.15, 0.2) is 0 Å². The number of carbonyl (C=O) groups excluding carboxylic acids is 2. The lowest BCUT2D eigenvalue weighted by Crippen LogP contribution is -2.19. The molecular formula is C11H18N2O4. The van der Waals surface area contributed by atoms with E-state index in [0.29, 0.717) is 0 Å². The van der Waals surface area contributed by atoms with Crippen LogP contribution in [0.15, 0.2) is 10.2 Å². The molecule has 0 atom stereocenters. The molecule has 0 unspecified atom stereocenters.